The SMILES string of the molecule is C=CCc1ccc(O)c(OC)c1.[Fe]. The minimum Gasteiger partial charge on any atom is -0.504 e. The van der Waals surface area contributed by atoms with Crippen molar-refractivity contribution in [2.45, 2.75) is 6.42 Å². The number of rotatable bonds is 3. The number of phenols is 1. The standard InChI is InChI=1S/C10H12O2.Fe/c1-3-4-8-5-6-9(11)10(7-8)12-2;/h3,5-7,11H,1,4H2,2H3;. The number of methoxy groups -OCH3 is 1. The molecule has 3 heteroatoms. The van der Waals surface area contributed by atoms with E-state index in [1.165, 1.54) is 7.11 Å². The molecule has 0 spiro atoms. The van der Waals surface area contributed by atoms with E-state index in [-0.39, 0.29) is 22.8 Å². The summed E-state index contributed by atoms with van der Waals surface area (Å²) in [5, 5.41) is 9.25. The fourth-order valence-electron chi connectivity index (χ4n) is 1.02. The van der Waals surface area contributed by atoms with Crippen LogP contribution < -0.4 is 4.74 Å². The third-order valence-electron chi connectivity index (χ3n) is 1.62. The maximum atomic E-state index is 9.25. The van der Waals surface area contributed by atoms with Crippen LogP contribution in [0.15, 0.2) is 30.9 Å². The van der Waals surface area contributed by atoms with E-state index in [9.17, 15) is 5.11 Å². The van der Waals surface area contributed by atoms with Gasteiger partial charge in [-0.2, -0.15) is 0 Å². The van der Waals surface area contributed by atoms with E-state index in [1.54, 1.807) is 12.1 Å². The van der Waals surface area contributed by atoms with Crippen molar-refractivity contribution in [3.63, 3.8) is 0 Å². The molecule has 0 atom stereocenters. The Morgan fingerprint density at radius 3 is 2.77 bits per heavy atom. The van der Waals surface area contributed by atoms with E-state index in [2.05, 4.69) is 6.58 Å². The van der Waals surface area contributed by atoms with Gasteiger partial charge in [-0.1, -0.05) is 12.1 Å². The molecule has 2 nitrogen and oxygen atoms in total. The summed E-state index contributed by atoms with van der Waals surface area (Å²) in [6, 6.07) is 5.27. The molecule has 0 aliphatic carbocycles. The van der Waals surface area contributed by atoms with Gasteiger partial charge >= 0.3 is 0 Å². The summed E-state index contributed by atoms with van der Waals surface area (Å²) in [5.74, 6) is 0.680. The first-order valence-corrected chi connectivity index (χ1v) is 3.74. The van der Waals surface area contributed by atoms with Crippen molar-refractivity contribution in [1.82, 2.24) is 0 Å². The molecule has 0 radical (unpaired) electrons. The molecule has 72 valence electrons. The van der Waals surface area contributed by atoms with E-state index in [0.717, 1.165) is 12.0 Å². The van der Waals surface area contributed by atoms with Gasteiger partial charge < -0.3 is 9.84 Å². The van der Waals surface area contributed by atoms with Crippen molar-refractivity contribution in [2.75, 3.05) is 7.11 Å². The van der Waals surface area contributed by atoms with Crippen LogP contribution >= 0.6 is 0 Å². The summed E-state index contributed by atoms with van der Waals surface area (Å²) in [5.41, 5.74) is 1.08. The second-order valence-electron chi connectivity index (χ2n) is 2.50. The molecular formula is C10H12FeO2. The molecule has 1 N–H and O–H groups in total. The molecule has 13 heavy (non-hydrogen) atoms. The summed E-state index contributed by atoms with van der Waals surface area (Å²) >= 11 is 0. The molecule has 1 aromatic carbocycles. The van der Waals surface area contributed by atoms with E-state index < -0.39 is 0 Å². The van der Waals surface area contributed by atoms with Gasteiger partial charge in [0, 0.05) is 17.1 Å². The Morgan fingerprint density at radius 1 is 1.54 bits per heavy atom. The smallest absolute Gasteiger partial charge is 0.160 e. The summed E-state index contributed by atoms with van der Waals surface area (Å²) in [4.78, 5) is 0. The third-order valence-corrected chi connectivity index (χ3v) is 1.62. The Hall–Kier alpha value is -0.921. The Kier molecular flexibility index (Phi) is 5.28. The van der Waals surface area contributed by atoms with E-state index in [4.69, 9.17) is 4.74 Å². The first kappa shape index (κ1) is 12.1. The van der Waals surface area contributed by atoms with E-state index in [0.29, 0.717) is 5.75 Å². The summed E-state index contributed by atoms with van der Waals surface area (Å²) in [6.45, 7) is 3.63. The van der Waals surface area contributed by atoms with E-state index >= 15 is 0 Å². The molecular weight excluding hydrogens is 208 g/mol. The maximum Gasteiger partial charge on any atom is 0.160 e. The molecule has 0 unspecified atom stereocenters. The van der Waals surface area contributed by atoms with Crippen LogP contribution in [0.3, 0.4) is 0 Å². The Labute approximate surface area is 88.7 Å². The van der Waals surface area contributed by atoms with Gasteiger partial charge in [0.05, 0.1) is 7.11 Å². The quantitative estimate of drug-likeness (QED) is 0.624. The van der Waals surface area contributed by atoms with Crippen molar-refractivity contribution in [3.05, 3.63) is 36.4 Å². The Balaban J connectivity index is 0.00000144. The van der Waals surface area contributed by atoms with Crippen LogP contribution in [0.5, 0.6) is 11.5 Å². The fourth-order valence-corrected chi connectivity index (χ4v) is 1.02. The Morgan fingerprint density at radius 2 is 2.23 bits per heavy atom. The summed E-state index contributed by atoms with van der Waals surface area (Å²) < 4.78 is 4.95. The second-order valence-corrected chi connectivity index (χ2v) is 2.50. The van der Waals surface area contributed by atoms with Crippen LogP contribution in [0.2, 0.25) is 0 Å². The van der Waals surface area contributed by atoms with Gasteiger partial charge in [0.15, 0.2) is 11.5 Å². The Bertz CT molecular complexity index is 284. The zero-order valence-corrected chi connectivity index (χ0v) is 8.54. The monoisotopic (exact) mass is 220 g/mol. The molecule has 0 heterocycles. The average molecular weight is 220 g/mol. The van der Waals surface area contributed by atoms with Crippen LogP contribution in [0.4, 0.5) is 0 Å². The molecule has 0 bridgehead atoms. The molecule has 0 aromatic heterocycles. The predicted octanol–water partition coefficient (Wildman–Crippen LogP) is 2.13. The molecule has 0 fully saturated rings. The maximum absolute atomic E-state index is 9.25. The van der Waals surface area contributed by atoms with Gasteiger partial charge in [0.25, 0.3) is 0 Å². The number of aromatic hydroxyl groups is 1. The van der Waals surface area contributed by atoms with Gasteiger partial charge in [0.2, 0.25) is 0 Å². The molecule has 1 rings (SSSR count). The molecule has 1 aromatic rings. The number of hydrogen-bond donors (Lipinski definition) is 1. The first-order valence-electron chi connectivity index (χ1n) is 3.74. The van der Waals surface area contributed by atoms with Gasteiger partial charge in [0.1, 0.15) is 0 Å². The largest absolute Gasteiger partial charge is 0.504 e. The van der Waals surface area contributed by atoms with Crippen LogP contribution in [0.1, 0.15) is 5.56 Å². The van der Waals surface area contributed by atoms with Crippen LogP contribution in [0.25, 0.3) is 0 Å². The molecule has 0 aliphatic heterocycles. The minimum atomic E-state index is 0. The van der Waals surface area contributed by atoms with Crippen molar-refractivity contribution < 1.29 is 26.9 Å². The average Bonchev–Trinajstić information content (AvgIpc) is 2.09. The van der Waals surface area contributed by atoms with E-state index in [1.807, 2.05) is 12.1 Å². The summed E-state index contributed by atoms with van der Waals surface area (Å²) in [6.07, 6.45) is 2.60. The number of allylic oxidation sites excluding steroid dienone is 1. The number of hydrogen-bond acceptors (Lipinski definition) is 2. The fraction of sp³-hybridized carbons (Fsp3) is 0.200. The number of phenolic OH excluding ortho intramolecular Hbond substituents is 1. The minimum absolute atomic E-state index is 0. The van der Waals surface area contributed by atoms with Crippen LogP contribution in [-0.4, -0.2) is 12.2 Å². The van der Waals surface area contributed by atoms with Crippen LogP contribution in [0, 0.1) is 0 Å². The third kappa shape index (κ3) is 3.13. The topological polar surface area (TPSA) is 29.5 Å². The normalized spacial score (nSPS) is 8.69. The van der Waals surface area contributed by atoms with Crippen molar-refractivity contribution in [3.8, 4) is 11.5 Å². The van der Waals surface area contributed by atoms with Crippen molar-refractivity contribution >= 4 is 0 Å². The zero-order valence-electron chi connectivity index (χ0n) is 7.43. The molecule has 0 saturated heterocycles. The second kappa shape index (κ2) is 5.68. The summed E-state index contributed by atoms with van der Waals surface area (Å²) in [7, 11) is 1.53. The predicted molar refractivity (Wildman–Crippen MR) is 48.6 cm³/mol. The van der Waals surface area contributed by atoms with Gasteiger partial charge in [-0.15, -0.1) is 6.58 Å². The number of benzene rings is 1. The van der Waals surface area contributed by atoms with Crippen molar-refractivity contribution in [1.29, 1.82) is 0 Å². The first-order chi connectivity index (χ1) is 5.77. The molecule has 0 amide bonds. The zero-order chi connectivity index (χ0) is 8.97. The van der Waals surface area contributed by atoms with Crippen LogP contribution in [-0.2, 0) is 23.5 Å². The molecule has 0 aliphatic rings. The van der Waals surface area contributed by atoms with Crippen molar-refractivity contribution in [2.24, 2.45) is 0 Å². The van der Waals surface area contributed by atoms with Gasteiger partial charge in [-0.05, 0) is 24.1 Å². The van der Waals surface area contributed by atoms with Gasteiger partial charge in [-0.25, -0.2) is 0 Å². The van der Waals surface area contributed by atoms with Gasteiger partial charge in [-0.3, -0.25) is 0 Å². The number of ether oxygens (including phenoxy) is 1. The molecule has 0 saturated carbocycles.